The average molecular weight is 320 g/mol. The summed E-state index contributed by atoms with van der Waals surface area (Å²) in [5, 5.41) is 9.58. The number of fused-ring (bicyclic) bond motifs is 1. The lowest BCUT2D eigenvalue weighted by molar-refractivity contribution is 0.362. The Bertz CT molecular complexity index is 815. The van der Waals surface area contributed by atoms with Gasteiger partial charge < -0.3 is 9.84 Å². The van der Waals surface area contributed by atoms with Crippen LogP contribution in [0.1, 0.15) is 55.4 Å². The van der Waals surface area contributed by atoms with Gasteiger partial charge in [0.1, 0.15) is 18.1 Å². The minimum absolute atomic E-state index is 0.228. The van der Waals surface area contributed by atoms with Crippen molar-refractivity contribution in [1.82, 2.24) is 0 Å². The van der Waals surface area contributed by atoms with E-state index in [4.69, 9.17) is 4.74 Å². The van der Waals surface area contributed by atoms with Crippen LogP contribution in [0.25, 0.3) is 17.2 Å². The quantitative estimate of drug-likeness (QED) is 0.763. The maximum Gasteiger partial charge on any atom is 0.130 e. The molecule has 124 valence electrons. The zero-order valence-corrected chi connectivity index (χ0v) is 14.6. The van der Waals surface area contributed by atoms with Gasteiger partial charge in [-0.2, -0.15) is 0 Å². The highest BCUT2D eigenvalue weighted by molar-refractivity contribution is 5.90. The maximum absolute atomic E-state index is 9.58. The topological polar surface area (TPSA) is 29.5 Å². The zero-order valence-electron chi connectivity index (χ0n) is 14.6. The summed E-state index contributed by atoms with van der Waals surface area (Å²) < 4.78 is 5.85. The van der Waals surface area contributed by atoms with Gasteiger partial charge in [0.25, 0.3) is 0 Å². The van der Waals surface area contributed by atoms with Crippen LogP contribution in [0.2, 0.25) is 0 Å². The summed E-state index contributed by atoms with van der Waals surface area (Å²) in [6.07, 6.45) is 3.26. The highest BCUT2D eigenvalue weighted by atomic mass is 16.5. The maximum atomic E-state index is 9.58. The van der Waals surface area contributed by atoms with Crippen molar-refractivity contribution < 1.29 is 9.84 Å². The molecule has 1 N–H and O–H groups in total. The number of rotatable bonds is 4. The lowest BCUT2D eigenvalue weighted by atomic mass is 9.88. The molecule has 3 rings (SSSR count). The largest absolute Gasteiger partial charge is 0.508 e. The molecule has 2 nitrogen and oxygen atoms in total. The second-order valence-electron chi connectivity index (χ2n) is 6.58. The molecule has 0 aromatic heterocycles. The van der Waals surface area contributed by atoms with Gasteiger partial charge in [-0.05, 0) is 59.7 Å². The van der Waals surface area contributed by atoms with Gasteiger partial charge in [-0.1, -0.05) is 44.2 Å². The van der Waals surface area contributed by atoms with E-state index in [1.165, 1.54) is 16.7 Å². The van der Waals surface area contributed by atoms with Gasteiger partial charge in [-0.25, -0.2) is 0 Å². The standard InChI is InChI=1S/C22H24O2/c1-5-15(4)16-7-9-20(21(11-16)14(2)3)18-10-17-6-8-19(23)12-22(17)24-13-18/h6-12,15,23H,2,5,13H2,1,3-4H3. The van der Waals surface area contributed by atoms with E-state index in [2.05, 4.69) is 51.6 Å². The van der Waals surface area contributed by atoms with Crippen LogP contribution >= 0.6 is 0 Å². The van der Waals surface area contributed by atoms with Crippen molar-refractivity contribution >= 4 is 17.2 Å². The highest BCUT2D eigenvalue weighted by Crippen LogP contribution is 2.36. The van der Waals surface area contributed by atoms with Gasteiger partial charge in [0.05, 0.1) is 0 Å². The molecule has 0 aliphatic carbocycles. The van der Waals surface area contributed by atoms with Gasteiger partial charge in [-0.3, -0.25) is 0 Å². The summed E-state index contributed by atoms with van der Waals surface area (Å²) in [6.45, 7) is 11.2. The molecule has 24 heavy (non-hydrogen) atoms. The summed E-state index contributed by atoms with van der Waals surface area (Å²) in [4.78, 5) is 0. The van der Waals surface area contributed by atoms with Crippen LogP contribution in [0.5, 0.6) is 11.5 Å². The van der Waals surface area contributed by atoms with Crippen LogP contribution in [0.3, 0.4) is 0 Å². The Labute approximate surface area is 144 Å². The summed E-state index contributed by atoms with van der Waals surface area (Å²) in [5.74, 6) is 1.50. The fourth-order valence-corrected chi connectivity index (χ4v) is 3.04. The van der Waals surface area contributed by atoms with E-state index in [-0.39, 0.29) is 5.75 Å². The van der Waals surface area contributed by atoms with Gasteiger partial charge in [0, 0.05) is 11.6 Å². The SMILES string of the molecule is C=C(C)c1cc(C(C)CC)ccc1C1=Cc2ccc(O)cc2OC1. The Morgan fingerprint density at radius 1 is 1.25 bits per heavy atom. The Hall–Kier alpha value is -2.48. The van der Waals surface area contributed by atoms with Crippen LogP contribution in [-0.2, 0) is 0 Å². The molecule has 0 radical (unpaired) electrons. The first kappa shape index (κ1) is 16.4. The first-order valence-electron chi connectivity index (χ1n) is 8.46. The van der Waals surface area contributed by atoms with Crippen molar-refractivity contribution in [3.05, 3.63) is 65.2 Å². The monoisotopic (exact) mass is 320 g/mol. The minimum Gasteiger partial charge on any atom is -0.508 e. The number of hydrogen-bond acceptors (Lipinski definition) is 2. The summed E-state index contributed by atoms with van der Waals surface area (Å²) >= 11 is 0. The Kier molecular flexibility index (Phi) is 4.48. The third-order valence-electron chi connectivity index (χ3n) is 4.74. The Morgan fingerprint density at radius 3 is 2.75 bits per heavy atom. The molecular formula is C22H24O2. The molecule has 1 unspecified atom stereocenters. The number of ether oxygens (including phenoxy) is 1. The molecular weight excluding hydrogens is 296 g/mol. The number of allylic oxidation sites excluding steroid dienone is 1. The number of phenols is 1. The molecule has 0 saturated carbocycles. The molecule has 1 aliphatic rings. The molecule has 0 amide bonds. The smallest absolute Gasteiger partial charge is 0.130 e. The first-order chi connectivity index (χ1) is 11.5. The molecule has 0 bridgehead atoms. The van der Waals surface area contributed by atoms with Gasteiger partial charge in [0.15, 0.2) is 0 Å². The number of benzene rings is 2. The van der Waals surface area contributed by atoms with Crippen molar-refractivity contribution in [3.8, 4) is 11.5 Å². The predicted molar refractivity (Wildman–Crippen MR) is 101 cm³/mol. The molecule has 1 heterocycles. The lowest BCUT2D eigenvalue weighted by Gasteiger charge is -2.21. The second-order valence-corrected chi connectivity index (χ2v) is 6.58. The molecule has 1 aliphatic heterocycles. The molecule has 1 atom stereocenters. The fraction of sp³-hybridized carbons (Fsp3) is 0.273. The van der Waals surface area contributed by atoms with Crippen LogP contribution in [0.15, 0.2) is 43.0 Å². The van der Waals surface area contributed by atoms with Crippen molar-refractivity contribution in [2.75, 3.05) is 6.61 Å². The zero-order chi connectivity index (χ0) is 17.3. The molecule has 0 saturated heterocycles. The van der Waals surface area contributed by atoms with Crippen LogP contribution in [-0.4, -0.2) is 11.7 Å². The molecule has 0 spiro atoms. The highest BCUT2D eigenvalue weighted by Gasteiger charge is 2.17. The summed E-state index contributed by atoms with van der Waals surface area (Å²) in [6, 6.07) is 11.9. The van der Waals surface area contributed by atoms with E-state index in [1.54, 1.807) is 12.1 Å². The lowest BCUT2D eigenvalue weighted by Crippen LogP contribution is -2.08. The molecule has 2 aromatic rings. The van der Waals surface area contributed by atoms with Crippen LogP contribution in [0, 0.1) is 0 Å². The summed E-state index contributed by atoms with van der Waals surface area (Å²) in [7, 11) is 0. The van der Waals surface area contributed by atoms with Crippen LogP contribution < -0.4 is 4.74 Å². The number of phenolic OH excluding ortho intramolecular Hbond substituents is 1. The molecule has 2 heteroatoms. The van der Waals surface area contributed by atoms with Crippen molar-refractivity contribution in [3.63, 3.8) is 0 Å². The molecule has 2 aromatic carbocycles. The van der Waals surface area contributed by atoms with Crippen LogP contribution in [0.4, 0.5) is 0 Å². The van der Waals surface area contributed by atoms with E-state index in [9.17, 15) is 5.11 Å². The second kappa shape index (κ2) is 6.56. The van der Waals surface area contributed by atoms with Gasteiger partial charge >= 0.3 is 0 Å². The number of hydrogen-bond donors (Lipinski definition) is 1. The van der Waals surface area contributed by atoms with E-state index in [0.717, 1.165) is 28.9 Å². The van der Waals surface area contributed by atoms with Gasteiger partial charge in [0.2, 0.25) is 0 Å². The minimum atomic E-state index is 0.228. The van der Waals surface area contributed by atoms with Gasteiger partial charge in [-0.15, -0.1) is 0 Å². The first-order valence-corrected chi connectivity index (χ1v) is 8.46. The third kappa shape index (κ3) is 3.09. The summed E-state index contributed by atoms with van der Waals surface area (Å²) in [5.41, 5.74) is 6.90. The Morgan fingerprint density at radius 2 is 2.04 bits per heavy atom. The molecule has 0 fully saturated rings. The predicted octanol–water partition coefficient (Wildman–Crippen LogP) is 5.87. The average Bonchev–Trinajstić information content (AvgIpc) is 2.60. The number of aromatic hydroxyl groups is 1. The Balaban J connectivity index is 2.06. The van der Waals surface area contributed by atoms with E-state index in [1.807, 2.05) is 6.07 Å². The third-order valence-corrected chi connectivity index (χ3v) is 4.74. The van der Waals surface area contributed by atoms with Crippen molar-refractivity contribution in [2.45, 2.75) is 33.1 Å². The fourth-order valence-electron chi connectivity index (χ4n) is 3.04. The van der Waals surface area contributed by atoms with Crippen molar-refractivity contribution in [2.24, 2.45) is 0 Å². The van der Waals surface area contributed by atoms with E-state index in [0.29, 0.717) is 12.5 Å². The van der Waals surface area contributed by atoms with Crippen molar-refractivity contribution in [1.29, 1.82) is 0 Å². The normalized spacial score (nSPS) is 14.4. The van der Waals surface area contributed by atoms with E-state index >= 15 is 0 Å². The van der Waals surface area contributed by atoms with E-state index < -0.39 is 0 Å².